The molecule has 0 amide bonds. The number of hydrogen-bond donors (Lipinski definition) is 1. The lowest BCUT2D eigenvalue weighted by Gasteiger charge is -2.11. The van der Waals surface area contributed by atoms with E-state index in [0.717, 1.165) is 22.2 Å². The van der Waals surface area contributed by atoms with Crippen LogP contribution in [0.2, 0.25) is 0 Å². The Morgan fingerprint density at radius 3 is 2.93 bits per heavy atom. The van der Waals surface area contributed by atoms with Gasteiger partial charge in [-0.1, -0.05) is 15.9 Å². The third kappa shape index (κ3) is 4.53. The zero-order valence-corrected chi connectivity index (χ0v) is 10.9. The first kappa shape index (κ1) is 13.0. The monoisotopic (exact) mass is 292 g/mol. The molecule has 0 saturated heterocycles. The second-order valence-electron chi connectivity index (χ2n) is 3.38. The maximum absolute atomic E-state index is 12.9. The van der Waals surface area contributed by atoms with Crippen molar-refractivity contribution >= 4 is 27.7 Å². The van der Waals surface area contributed by atoms with Crippen molar-refractivity contribution in [2.45, 2.75) is 18.9 Å². The highest BCUT2D eigenvalue weighted by atomic mass is 79.9. The molecular formula is C11H14BrFOS. The van der Waals surface area contributed by atoms with Gasteiger partial charge in [0.15, 0.2) is 0 Å². The Balaban J connectivity index is 2.59. The molecule has 1 aromatic rings. The molecule has 0 aliphatic rings. The molecular weight excluding hydrogens is 279 g/mol. The minimum Gasteiger partial charge on any atom is -0.393 e. The fraction of sp³-hybridized carbons (Fsp3) is 0.455. The van der Waals surface area contributed by atoms with Gasteiger partial charge in [0.2, 0.25) is 0 Å². The molecule has 1 nitrogen and oxygen atoms in total. The Kier molecular flexibility index (Phi) is 5.64. The van der Waals surface area contributed by atoms with Gasteiger partial charge in [-0.05, 0) is 48.6 Å². The molecule has 1 rings (SSSR count). The molecule has 1 N–H and O–H groups in total. The second-order valence-corrected chi connectivity index (χ2v) is 5.22. The quantitative estimate of drug-likeness (QED) is 0.899. The van der Waals surface area contributed by atoms with Gasteiger partial charge in [0.05, 0.1) is 6.10 Å². The second kappa shape index (κ2) is 6.51. The van der Waals surface area contributed by atoms with E-state index in [1.54, 1.807) is 17.8 Å². The van der Waals surface area contributed by atoms with E-state index in [1.807, 2.05) is 6.26 Å². The number of thioether (sulfide) groups is 1. The summed E-state index contributed by atoms with van der Waals surface area (Å²) in [5.74, 6) is 0.666. The maximum atomic E-state index is 12.9. The molecule has 4 heteroatoms. The largest absolute Gasteiger partial charge is 0.393 e. The van der Waals surface area contributed by atoms with Crippen LogP contribution in [0.5, 0.6) is 0 Å². The highest BCUT2D eigenvalue weighted by Crippen LogP contribution is 2.20. The Hall–Kier alpha value is -0.0600. The fourth-order valence-electron chi connectivity index (χ4n) is 1.31. The van der Waals surface area contributed by atoms with Gasteiger partial charge in [-0.15, -0.1) is 0 Å². The molecule has 0 bridgehead atoms. The average molecular weight is 293 g/mol. The summed E-state index contributed by atoms with van der Waals surface area (Å²) >= 11 is 5.05. The molecule has 0 aromatic heterocycles. The first-order valence-corrected chi connectivity index (χ1v) is 6.93. The van der Waals surface area contributed by atoms with Gasteiger partial charge in [-0.25, -0.2) is 4.39 Å². The number of benzene rings is 1. The van der Waals surface area contributed by atoms with Gasteiger partial charge in [0.25, 0.3) is 0 Å². The summed E-state index contributed by atoms with van der Waals surface area (Å²) in [6, 6.07) is 4.54. The molecule has 0 spiro atoms. The Morgan fingerprint density at radius 2 is 2.27 bits per heavy atom. The summed E-state index contributed by atoms with van der Waals surface area (Å²) in [4.78, 5) is 0. The van der Waals surface area contributed by atoms with E-state index >= 15 is 0 Å². The van der Waals surface area contributed by atoms with Gasteiger partial charge in [0.1, 0.15) is 5.82 Å². The van der Waals surface area contributed by atoms with E-state index in [9.17, 15) is 9.50 Å². The average Bonchev–Trinajstić information content (AvgIpc) is 2.20. The highest BCUT2D eigenvalue weighted by Gasteiger charge is 2.08. The van der Waals surface area contributed by atoms with Crippen molar-refractivity contribution in [3.63, 3.8) is 0 Å². The summed E-state index contributed by atoms with van der Waals surface area (Å²) in [5, 5.41) is 9.69. The van der Waals surface area contributed by atoms with Crippen LogP contribution in [0.1, 0.15) is 12.0 Å². The molecule has 84 valence electrons. The Bertz CT molecular complexity index is 319. The van der Waals surface area contributed by atoms with Gasteiger partial charge in [-0.3, -0.25) is 0 Å². The number of hydrogen-bond acceptors (Lipinski definition) is 2. The first-order chi connectivity index (χ1) is 7.13. The molecule has 1 unspecified atom stereocenters. The van der Waals surface area contributed by atoms with Crippen molar-refractivity contribution in [2.24, 2.45) is 0 Å². The van der Waals surface area contributed by atoms with Crippen LogP contribution in [-0.4, -0.2) is 23.2 Å². The van der Waals surface area contributed by atoms with Crippen LogP contribution in [0.15, 0.2) is 22.7 Å². The van der Waals surface area contributed by atoms with Crippen LogP contribution in [0.25, 0.3) is 0 Å². The van der Waals surface area contributed by atoms with Crippen molar-refractivity contribution in [3.8, 4) is 0 Å². The molecule has 1 atom stereocenters. The number of aliphatic hydroxyl groups excluding tert-OH is 1. The van der Waals surface area contributed by atoms with Gasteiger partial charge in [-0.2, -0.15) is 11.8 Å². The molecule has 0 heterocycles. The molecule has 1 aromatic carbocycles. The molecule has 0 radical (unpaired) electrons. The number of aliphatic hydroxyl groups is 1. The lowest BCUT2D eigenvalue weighted by Crippen LogP contribution is -2.12. The van der Waals surface area contributed by atoms with Crippen molar-refractivity contribution in [3.05, 3.63) is 34.1 Å². The van der Waals surface area contributed by atoms with Crippen LogP contribution < -0.4 is 0 Å². The van der Waals surface area contributed by atoms with Crippen LogP contribution in [0, 0.1) is 5.82 Å². The van der Waals surface area contributed by atoms with Crippen molar-refractivity contribution in [2.75, 3.05) is 12.0 Å². The predicted octanol–water partition coefficient (Wildman–Crippen LogP) is 3.24. The number of rotatable bonds is 5. The van der Waals surface area contributed by atoms with Crippen molar-refractivity contribution in [1.82, 2.24) is 0 Å². The van der Waals surface area contributed by atoms with Gasteiger partial charge in [0, 0.05) is 4.47 Å². The van der Waals surface area contributed by atoms with Crippen LogP contribution >= 0.6 is 27.7 Å². The molecule has 0 saturated carbocycles. The van der Waals surface area contributed by atoms with Crippen molar-refractivity contribution < 1.29 is 9.50 Å². The Morgan fingerprint density at radius 1 is 1.53 bits per heavy atom. The first-order valence-electron chi connectivity index (χ1n) is 4.74. The topological polar surface area (TPSA) is 20.2 Å². The Labute approximate surface area is 102 Å². The van der Waals surface area contributed by atoms with Crippen LogP contribution in [0.3, 0.4) is 0 Å². The minimum absolute atomic E-state index is 0.259. The third-order valence-corrected chi connectivity index (χ3v) is 3.54. The molecule has 0 aliphatic heterocycles. The zero-order valence-electron chi connectivity index (χ0n) is 8.54. The zero-order chi connectivity index (χ0) is 11.3. The lowest BCUT2D eigenvalue weighted by molar-refractivity contribution is 0.172. The lowest BCUT2D eigenvalue weighted by atomic mass is 10.1. The normalized spacial score (nSPS) is 12.8. The summed E-state index contributed by atoms with van der Waals surface area (Å²) in [6.07, 6.45) is 2.85. The maximum Gasteiger partial charge on any atom is 0.123 e. The standard InChI is InChI=1S/C11H14BrFOS/c1-15-5-4-10(14)7-8-6-9(13)2-3-11(8)12/h2-3,6,10,14H,4-5,7H2,1H3. The number of halogens is 2. The van der Waals surface area contributed by atoms with E-state index in [-0.39, 0.29) is 5.82 Å². The summed E-state index contributed by atoms with van der Waals surface area (Å²) in [6.45, 7) is 0. The fourth-order valence-corrected chi connectivity index (χ4v) is 2.23. The van der Waals surface area contributed by atoms with Crippen molar-refractivity contribution in [1.29, 1.82) is 0 Å². The molecule has 0 aliphatic carbocycles. The van der Waals surface area contributed by atoms with Gasteiger partial charge >= 0.3 is 0 Å². The SMILES string of the molecule is CSCCC(O)Cc1cc(F)ccc1Br. The van der Waals surface area contributed by atoms with E-state index in [0.29, 0.717) is 6.42 Å². The molecule has 15 heavy (non-hydrogen) atoms. The van der Waals surface area contributed by atoms with E-state index in [2.05, 4.69) is 15.9 Å². The minimum atomic E-state index is -0.393. The van der Waals surface area contributed by atoms with Gasteiger partial charge < -0.3 is 5.11 Å². The van der Waals surface area contributed by atoms with E-state index < -0.39 is 6.10 Å². The van der Waals surface area contributed by atoms with Crippen LogP contribution in [-0.2, 0) is 6.42 Å². The predicted molar refractivity (Wildman–Crippen MR) is 66.8 cm³/mol. The summed E-state index contributed by atoms with van der Waals surface area (Å²) in [5.41, 5.74) is 0.823. The smallest absolute Gasteiger partial charge is 0.123 e. The highest BCUT2D eigenvalue weighted by molar-refractivity contribution is 9.10. The van der Waals surface area contributed by atoms with E-state index in [4.69, 9.17) is 0 Å². The summed E-state index contributed by atoms with van der Waals surface area (Å²) < 4.78 is 13.8. The summed E-state index contributed by atoms with van der Waals surface area (Å²) in [7, 11) is 0. The van der Waals surface area contributed by atoms with Crippen LogP contribution in [0.4, 0.5) is 4.39 Å². The van der Waals surface area contributed by atoms with E-state index in [1.165, 1.54) is 12.1 Å². The molecule has 0 fully saturated rings. The third-order valence-electron chi connectivity index (χ3n) is 2.12.